The Morgan fingerprint density at radius 1 is 1.38 bits per heavy atom. The molecule has 3 amide bonds. The molecular formula is C14H18BrN3O2S. The Kier molecular flexibility index (Phi) is 4.21. The first-order valence-electron chi connectivity index (χ1n) is 7.16. The van der Waals surface area contributed by atoms with Gasteiger partial charge in [-0.3, -0.25) is 4.79 Å². The Hall–Kier alpha value is -1.08. The summed E-state index contributed by atoms with van der Waals surface area (Å²) < 4.78 is 1.02. The molecule has 0 unspecified atom stereocenters. The summed E-state index contributed by atoms with van der Waals surface area (Å²) in [5, 5.41) is 2.84. The predicted molar refractivity (Wildman–Crippen MR) is 85.8 cm³/mol. The van der Waals surface area contributed by atoms with E-state index in [2.05, 4.69) is 21.2 Å². The molecule has 1 aromatic heterocycles. The van der Waals surface area contributed by atoms with Crippen LogP contribution in [0.3, 0.4) is 0 Å². The molecule has 2 fully saturated rings. The Bertz CT molecular complexity index is 547. The Morgan fingerprint density at radius 3 is 2.62 bits per heavy atom. The van der Waals surface area contributed by atoms with Gasteiger partial charge in [-0.15, -0.1) is 11.3 Å². The molecule has 1 aromatic rings. The molecule has 2 aliphatic rings. The fraction of sp³-hybridized carbons (Fsp3) is 0.571. The van der Waals surface area contributed by atoms with Crippen LogP contribution in [0.4, 0.5) is 4.79 Å². The molecule has 2 saturated heterocycles. The van der Waals surface area contributed by atoms with Gasteiger partial charge in [0.15, 0.2) is 0 Å². The highest BCUT2D eigenvalue weighted by molar-refractivity contribution is 9.11. The summed E-state index contributed by atoms with van der Waals surface area (Å²) in [5.41, 5.74) is 1.10. The first-order chi connectivity index (χ1) is 10.1. The van der Waals surface area contributed by atoms with E-state index in [1.54, 1.807) is 0 Å². The summed E-state index contributed by atoms with van der Waals surface area (Å²) >= 11 is 4.96. The lowest BCUT2D eigenvalue weighted by Crippen LogP contribution is -2.47. The zero-order chi connectivity index (χ0) is 15.0. The van der Waals surface area contributed by atoms with Crippen molar-refractivity contribution in [3.63, 3.8) is 0 Å². The third-order valence-electron chi connectivity index (χ3n) is 4.15. The van der Waals surface area contributed by atoms with Crippen molar-refractivity contribution in [2.45, 2.75) is 25.8 Å². The molecule has 0 spiro atoms. The van der Waals surface area contributed by atoms with Crippen LogP contribution in [0.1, 0.15) is 28.1 Å². The highest BCUT2D eigenvalue weighted by Gasteiger charge is 2.32. The minimum absolute atomic E-state index is 0.0394. The predicted octanol–water partition coefficient (Wildman–Crippen LogP) is 2.45. The molecule has 2 aliphatic heterocycles. The molecule has 114 valence electrons. The van der Waals surface area contributed by atoms with Gasteiger partial charge in [-0.05, 0) is 47.3 Å². The molecule has 3 heterocycles. The molecule has 1 N–H and O–H groups in total. The minimum atomic E-state index is 0.0394. The van der Waals surface area contributed by atoms with E-state index < -0.39 is 0 Å². The number of amides is 3. The quantitative estimate of drug-likeness (QED) is 0.867. The van der Waals surface area contributed by atoms with Gasteiger partial charge in [0.25, 0.3) is 5.91 Å². The number of hydrogen-bond donors (Lipinski definition) is 1. The van der Waals surface area contributed by atoms with Gasteiger partial charge in [-0.1, -0.05) is 0 Å². The van der Waals surface area contributed by atoms with Gasteiger partial charge in [0, 0.05) is 32.2 Å². The lowest BCUT2D eigenvalue weighted by Gasteiger charge is -2.35. The highest BCUT2D eigenvalue weighted by atomic mass is 79.9. The third-order valence-corrected chi connectivity index (χ3v) is 6.27. The first kappa shape index (κ1) is 14.8. The van der Waals surface area contributed by atoms with Crippen molar-refractivity contribution < 1.29 is 9.59 Å². The molecule has 0 atom stereocenters. The monoisotopic (exact) mass is 371 g/mol. The number of likely N-dealkylation sites (tertiary alicyclic amines) is 1. The fourth-order valence-corrected chi connectivity index (χ4v) is 4.44. The van der Waals surface area contributed by atoms with Crippen molar-refractivity contribution in [1.82, 2.24) is 15.1 Å². The van der Waals surface area contributed by atoms with Gasteiger partial charge in [0.2, 0.25) is 0 Å². The molecule has 3 rings (SSSR count). The van der Waals surface area contributed by atoms with Crippen LogP contribution in [0.5, 0.6) is 0 Å². The maximum atomic E-state index is 12.5. The van der Waals surface area contributed by atoms with Crippen LogP contribution in [-0.2, 0) is 0 Å². The van der Waals surface area contributed by atoms with Crippen LogP contribution >= 0.6 is 27.3 Å². The number of carbonyl (C=O) groups is 2. The molecule has 5 nitrogen and oxygen atoms in total. The summed E-state index contributed by atoms with van der Waals surface area (Å²) in [6, 6.07) is 2.25. The van der Waals surface area contributed by atoms with Crippen molar-refractivity contribution in [2.24, 2.45) is 0 Å². The van der Waals surface area contributed by atoms with E-state index in [0.29, 0.717) is 0 Å². The number of aryl methyl sites for hydroxylation is 1. The largest absolute Gasteiger partial charge is 0.338 e. The molecule has 21 heavy (non-hydrogen) atoms. The Balaban J connectivity index is 1.60. The summed E-state index contributed by atoms with van der Waals surface area (Å²) in [5.74, 6) is 0.109. The third kappa shape index (κ3) is 2.94. The minimum Gasteiger partial charge on any atom is -0.338 e. The number of halogens is 1. The zero-order valence-corrected chi connectivity index (χ0v) is 14.3. The molecule has 0 aromatic carbocycles. The van der Waals surface area contributed by atoms with E-state index >= 15 is 0 Å². The normalized spacial score (nSPS) is 20.0. The smallest absolute Gasteiger partial charge is 0.317 e. The van der Waals surface area contributed by atoms with Crippen molar-refractivity contribution in [2.75, 3.05) is 26.2 Å². The maximum Gasteiger partial charge on any atom is 0.317 e. The number of nitrogens with zero attached hydrogens (tertiary/aromatic N) is 2. The lowest BCUT2D eigenvalue weighted by molar-refractivity contribution is 0.0671. The standard InChI is InChI=1S/C14H18BrN3O2S/c1-9-8-11(21-12(9)15)13(19)17-5-2-10(3-6-17)18-7-4-16-14(18)20/h8,10H,2-7H2,1H3,(H,16,20). The first-order valence-corrected chi connectivity index (χ1v) is 8.77. The van der Waals surface area contributed by atoms with Crippen LogP contribution in [-0.4, -0.2) is 54.0 Å². The summed E-state index contributed by atoms with van der Waals surface area (Å²) in [4.78, 5) is 28.8. The van der Waals surface area contributed by atoms with E-state index in [4.69, 9.17) is 0 Å². The number of hydrogen-bond acceptors (Lipinski definition) is 3. The van der Waals surface area contributed by atoms with Crippen LogP contribution in [0.15, 0.2) is 9.85 Å². The van der Waals surface area contributed by atoms with Crippen LogP contribution in [0.25, 0.3) is 0 Å². The van der Waals surface area contributed by atoms with Gasteiger partial charge < -0.3 is 15.1 Å². The second-order valence-electron chi connectivity index (χ2n) is 5.52. The van der Waals surface area contributed by atoms with Gasteiger partial charge in [0.05, 0.1) is 8.66 Å². The van der Waals surface area contributed by atoms with Crippen LogP contribution < -0.4 is 5.32 Å². The molecule has 0 radical (unpaired) electrons. The number of rotatable bonds is 2. The van der Waals surface area contributed by atoms with Crippen molar-refractivity contribution >= 4 is 39.2 Å². The summed E-state index contributed by atoms with van der Waals surface area (Å²) in [6.45, 7) is 4.97. The van der Waals surface area contributed by atoms with E-state index in [1.165, 1.54) is 11.3 Å². The summed E-state index contributed by atoms with van der Waals surface area (Å²) in [7, 11) is 0. The summed E-state index contributed by atoms with van der Waals surface area (Å²) in [6.07, 6.45) is 1.73. The number of carbonyl (C=O) groups excluding carboxylic acids is 2. The fourth-order valence-electron chi connectivity index (χ4n) is 2.94. The van der Waals surface area contributed by atoms with E-state index in [9.17, 15) is 9.59 Å². The molecule has 0 bridgehead atoms. The number of nitrogens with one attached hydrogen (secondary N) is 1. The topological polar surface area (TPSA) is 52.7 Å². The van der Waals surface area contributed by atoms with Gasteiger partial charge >= 0.3 is 6.03 Å². The van der Waals surface area contributed by atoms with E-state index in [-0.39, 0.29) is 18.0 Å². The number of piperidine rings is 1. The average molecular weight is 372 g/mol. The molecule has 7 heteroatoms. The van der Waals surface area contributed by atoms with Crippen molar-refractivity contribution in [3.8, 4) is 0 Å². The Labute approximate surface area is 136 Å². The Morgan fingerprint density at radius 2 is 2.10 bits per heavy atom. The van der Waals surface area contributed by atoms with E-state index in [0.717, 1.165) is 53.2 Å². The SMILES string of the molecule is Cc1cc(C(=O)N2CCC(N3CCNC3=O)CC2)sc1Br. The van der Waals surface area contributed by atoms with Gasteiger partial charge in [-0.25, -0.2) is 4.79 Å². The second-order valence-corrected chi connectivity index (χ2v) is 7.89. The molecule has 0 saturated carbocycles. The van der Waals surface area contributed by atoms with Crippen molar-refractivity contribution in [1.29, 1.82) is 0 Å². The number of thiophene rings is 1. The van der Waals surface area contributed by atoms with Gasteiger partial charge in [0.1, 0.15) is 0 Å². The van der Waals surface area contributed by atoms with E-state index in [1.807, 2.05) is 22.8 Å². The molecular weight excluding hydrogens is 354 g/mol. The van der Waals surface area contributed by atoms with Gasteiger partial charge in [-0.2, -0.15) is 0 Å². The molecule has 0 aliphatic carbocycles. The van der Waals surface area contributed by atoms with Crippen LogP contribution in [0, 0.1) is 6.92 Å². The zero-order valence-electron chi connectivity index (χ0n) is 11.9. The average Bonchev–Trinajstić information content (AvgIpc) is 3.05. The number of urea groups is 1. The lowest BCUT2D eigenvalue weighted by atomic mass is 10.0. The van der Waals surface area contributed by atoms with Crippen LogP contribution in [0.2, 0.25) is 0 Å². The highest BCUT2D eigenvalue weighted by Crippen LogP contribution is 2.29. The maximum absolute atomic E-state index is 12.5. The second kappa shape index (κ2) is 5.96. The van der Waals surface area contributed by atoms with Crippen molar-refractivity contribution in [3.05, 3.63) is 20.3 Å².